The molecule has 3 N–H and O–H groups in total. The first-order valence-electron chi connectivity index (χ1n) is 6.25. The first-order chi connectivity index (χ1) is 7.27. The summed E-state index contributed by atoms with van der Waals surface area (Å²) in [5, 5.41) is 3.02. The summed E-state index contributed by atoms with van der Waals surface area (Å²) >= 11 is 0. The Kier molecular flexibility index (Phi) is 5.69. The molecule has 1 rings (SSSR count). The van der Waals surface area contributed by atoms with E-state index in [0.717, 1.165) is 45.2 Å². The molecule has 0 aromatic heterocycles. The average molecular weight is 212 g/mol. The molecule has 3 nitrogen and oxygen atoms in total. The van der Waals surface area contributed by atoms with E-state index in [0.29, 0.717) is 5.92 Å². The lowest BCUT2D eigenvalue weighted by molar-refractivity contribution is -0.126. The van der Waals surface area contributed by atoms with Gasteiger partial charge in [-0.25, -0.2) is 0 Å². The van der Waals surface area contributed by atoms with Gasteiger partial charge in [-0.15, -0.1) is 0 Å². The zero-order valence-corrected chi connectivity index (χ0v) is 9.80. The van der Waals surface area contributed by atoms with Gasteiger partial charge in [0.05, 0.1) is 0 Å². The van der Waals surface area contributed by atoms with Crippen molar-refractivity contribution in [2.75, 3.05) is 13.1 Å². The highest BCUT2D eigenvalue weighted by Gasteiger charge is 2.25. The lowest BCUT2D eigenvalue weighted by Gasteiger charge is -2.27. The van der Waals surface area contributed by atoms with Crippen molar-refractivity contribution in [3.8, 4) is 0 Å². The highest BCUT2D eigenvalue weighted by atomic mass is 16.1. The van der Waals surface area contributed by atoms with Gasteiger partial charge in [0, 0.05) is 12.5 Å². The van der Waals surface area contributed by atoms with Crippen LogP contribution < -0.4 is 11.1 Å². The Hall–Kier alpha value is -0.570. The van der Waals surface area contributed by atoms with Crippen LogP contribution in [0.4, 0.5) is 0 Å². The second-order valence-electron chi connectivity index (χ2n) is 4.61. The van der Waals surface area contributed by atoms with Gasteiger partial charge in [0.2, 0.25) is 5.91 Å². The first-order valence-corrected chi connectivity index (χ1v) is 6.25. The second kappa shape index (κ2) is 6.83. The molecule has 1 fully saturated rings. The van der Waals surface area contributed by atoms with Crippen LogP contribution >= 0.6 is 0 Å². The van der Waals surface area contributed by atoms with E-state index in [2.05, 4.69) is 12.2 Å². The summed E-state index contributed by atoms with van der Waals surface area (Å²) < 4.78 is 0. The number of carbonyl (C=O) groups excluding carboxylic acids is 1. The molecule has 2 atom stereocenters. The molecule has 0 heterocycles. The summed E-state index contributed by atoms with van der Waals surface area (Å²) in [6.07, 6.45) is 6.63. The Morgan fingerprint density at radius 1 is 1.47 bits per heavy atom. The molecular weight excluding hydrogens is 188 g/mol. The van der Waals surface area contributed by atoms with E-state index in [-0.39, 0.29) is 11.8 Å². The summed E-state index contributed by atoms with van der Waals surface area (Å²) in [5.74, 6) is 1.05. The minimum Gasteiger partial charge on any atom is -0.356 e. The van der Waals surface area contributed by atoms with Gasteiger partial charge in [-0.1, -0.05) is 19.8 Å². The molecule has 1 aliphatic carbocycles. The van der Waals surface area contributed by atoms with E-state index < -0.39 is 0 Å². The summed E-state index contributed by atoms with van der Waals surface area (Å²) in [6, 6.07) is 0. The molecule has 2 unspecified atom stereocenters. The van der Waals surface area contributed by atoms with Crippen LogP contribution in [0.2, 0.25) is 0 Å². The maximum Gasteiger partial charge on any atom is 0.223 e. The van der Waals surface area contributed by atoms with Gasteiger partial charge < -0.3 is 11.1 Å². The lowest BCUT2D eigenvalue weighted by atomic mass is 9.81. The molecular formula is C12H24N2O. The van der Waals surface area contributed by atoms with Crippen LogP contribution in [0.15, 0.2) is 0 Å². The smallest absolute Gasteiger partial charge is 0.223 e. The van der Waals surface area contributed by atoms with Gasteiger partial charge in [-0.2, -0.15) is 0 Å². The van der Waals surface area contributed by atoms with Gasteiger partial charge in [0.1, 0.15) is 0 Å². The largest absolute Gasteiger partial charge is 0.356 e. The van der Waals surface area contributed by atoms with Crippen LogP contribution in [0.25, 0.3) is 0 Å². The van der Waals surface area contributed by atoms with Crippen molar-refractivity contribution in [1.82, 2.24) is 5.32 Å². The summed E-state index contributed by atoms with van der Waals surface area (Å²) in [5.41, 5.74) is 5.66. The van der Waals surface area contributed by atoms with Crippen LogP contribution in [0.5, 0.6) is 0 Å². The fourth-order valence-electron chi connectivity index (χ4n) is 2.28. The predicted octanol–water partition coefficient (Wildman–Crippen LogP) is 1.67. The number of hydrogen-bond acceptors (Lipinski definition) is 2. The van der Waals surface area contributed by atoms with Crippen molar-refractivity contribution in [3.05, 3.63) is 0 Å². The van der Waals surface area contributed by atoms with Crippen molar-refractivity contribution in [1.29, 1.82) is 0 Å². The Labute approximate surface area is 92.8 Å². The quantitative estimate of drug-likeness (QED) is 0.681. The molecule has 0 spiro atoms. The van der Waals surface area contributed by atoms with Crippen LogP contribution in [0.3, 0.4) is 0 Å². The summed E-state index contributed by atoms with van der Waals surface area (Å²) in [4.78, 5) is 11.8. The van der Waals surface area contributed by atoms with Gasteiger partial charge in [-0.05, 0) is 38.1 Å². The maximum atomic E-state index is 11.8. The van der Waals surface area contributed by atoms with E-state index in [9.17, 15) is 4.79 Å². The minimum absolute atomic E-state index is 0.226. The van der Waals surface area contributed by atoms with Crippen molar-refractivity contribution < 1.29 is 4.79 Å². The summed E-state index contributed by atoms with van der Waals surface area (Å²) in [6.45, 7) is 3.70. The van der Waals surface area contributed by atoms with Crippen LogP contribution in [-0.4, -0.2) is 19.0 Å². The third-order valence-electron chi connectivity index (χ3n) is 3.32. The Bertz CT molecular complexity index is 194. The molecule has 15 heavy (non-hydrogen) atoms. The highest BCUT2D eigenvalue weighted by molar-refractivity contribution is 5.78. The molecule has 88 valence electrons. The molecule has 0 aromatic carbocycles. The standard InChI is InChI=1S/C12H24N2O/c1-2-3-7-14-12(15)11-6-4-5-10(8-11)9-13/h10-11H,2-9,13H2,1H3,(H,14,15). The fraction of sp³-hybridized carbons (Fsp3) is 0.917. The van der Waals surface area contributed by atoms with E-state index in [1.165, 1.54) is 6.42 Å². The predicted molar refractivity (Wildman–Crippen MR) is 62.4 cm³/mol. The van der Waals surface area contributed by atoms with Gasteiger partial charge in [0.25, 0.3) is 0 Å². The van der Waals surface area contributed by atoms with Gasteiger partial charge in [0.15, 0.2) is 0 Å². The molecule has 1 amide bonds. The zero-order chi connectivity index (χ0) is 11.1. The number of unbranched alkanes of at least 4 members (excludes halogenated alkanes) is 1. The molecule has 0 saturated heterocycles. The molecule has 0 radical (unpaired) electrons. The average Bonchev–Trinajstić information content (AvgIpc) is 2.29. The number of rotatable bonds is 5. The Balaban J connectivity index is 2.25. The van der Waals surface area contributed by atoms with Gasteiger partial charge >= 0.3 is 0 Å². The lowest BCUT2D eigenvalue weighted by Crippen LogP contribution is -2.35. The third kappa shape index (κ3) is 4.20. The van der Waals surface area contributed by atoms with E-state index in [4.69, 9.17) is 5.73 Å². The number of nitrogens with two attached hydrogens (primary N) is 1. The molecule has 1 saturated carbocycles. The monoisotopic (exact) mass is 212 g/mol. The van der Waals surface area contributed by atoms with Crippen LogP contribution in [0, 0.1) is 11.8 Å². The van der Waals surface area contributed by atoms with Crippen molar-refractivity contribution in [2.45, 2.75) is 45.4 Å². The second-order valence-corrected chi connectivity index (χ2v) is 4.61. The highest BCUT2D eigenvalue weighted by Crippen LogP contribution is 2.28. The Morgan fingerprint density at radius 3 is 2.93 bits per heavy atom. The summed E-state index contributed by atoms with van der Waals surface area (Å²) in [7, 11) is 0. The number of carbonyl (C=O) groups is 1. The fourth-order valence-corrected chi connectivity index (χ4v) is 2.28. The van der Waals surface area contributed by atoms with Crippen molar-refractivity contribution in [2.24, 2.45) is 17.6 Å². The molecule has 0 bridgehead atoms. The zero-order valence-electron chi connectivity index (χ0n) is 9.80. The van der Waals surface area contributed by atoms with Crippen LogP contribution in [0.1, 0.15) is 45.4 Å². The van der Waals surface area contributed by atoms with E-state index in [1.807, 2.05) is 0 Å². The molecule has 3 heteroatoms. The Morgan fingerprint density at radius 2 is 2.27 bits per heavy atom. The topological polar surface area (TPSA) is 55.1 Å². The SMILES string of the molecule is CCCCNC(=O)C1CCCC(CN)C1. The first kappa shape index (κ1) is 12.5. The third-order valence-corrected chi connectivity index (χ3v) is 3.32. The van der Waals surface area contributed by atoms with Crippen molar-refractivity contribution >= 4 is 5.91 Å². The van der Waals surface area contributed by atoms with Crippen LogP contribution in [-0.2, 0) is 4.79 Å². The maximum absolute atomic E-state index is 11.8. The van der Waals surface area contributed by atoms with E-state index in [1.54, 1.807) is 0 Å². The normalized spacial score (nSPS) is 26.3. The minimum atomic E-state index is 0.226. The molecule has 1 aliphatic rings. The number of amides is 1. The van der Waals surface area contributed by atoms with Crippen molar-refractivity contribution in [3.63, 3.8) is 0 Å². The molecule has 0 aliphatic heterocycles. The van der Waals surface area contributed by atoms with Gasteiger partial charge in [-0.3, -0.25) is 4.79 Å². The number of nitrogens with one attached hydrogen (secondary N) is 1. The van der Waals surface area contributed by atoms with E-state index >= 15 is 0 Å². The molecule has 0 aromatic rings. The number of hydrogen-bond donors (Lipinski definition) is 2.